The minimum absolute atomic E-state index is 0.111. The van der Waals surface area contributed by atoms with Crippen molar-refractivity contribution in [2.75, 3.05) is 0 Å². The molecule has 0 unspecified atom stereocenters. The molecule has 0 aliphatic carbocycles. The molecule has 2 N–H and O–H groups in total. The lowest BCUT2D eigenvalue weighted by Crippen LogP contribution is -1.99. The highest BCUT2D eigenvalue weighted by molar-refractivity contribution is 5.27. The van der Waals surface area contributed by atoms with Gasteiger partial charge in [0.25, 0.3) is 0 Å². The summed E-state index contributed by atoms with van der Waals surface area (Å²) in [6, 6.07) is 6.94. The molecule has 15 heavy (non-hydrogen) atoms. The second-order valence-electron chi connectivity index (χ2n) is 3.24. The Morgan fingerprint density at radius 3 is 2.87 bits per heavy atom. The maximum absolute atomic E-state index is 9.26. The van der Waals surface area contributed by atoms with E-state index < -0.39 is 0 Å². The van der Waals surface area contributed by atoms with E-state index in [0.29, 0.717) is 12.2 Å². The number of aliphatic hydroxyl groups is 1. The fourth-order valence-electron chi connectivity index (χ4n) is 1.33. The summed E-state index contributed by atoms with van der Waals surface area (Å²) in [6.45, 7) is 0.418. The van der Waals surface area contributed by atoms with E-state index in [9.17, 15) is 5.11 Å². The molecule has 0 aliphatic heterocycles. The smallest absolute Gasteiger partial charge is 0.115 e. The number of aromatic nitrogens is 3. The van der Waals surface area contributed by atoms with Crippen molar-refractivity contribution in [1.82, 2.24) is 15.0 Å². The monoisotopic (exact) mass is 205 g/mol. The molecule has 1 aromatic carbocycles. The van der Waals surface area contributed by atoms with Gasteiger partial charge in [0, 0.05) is 0 Å². The summed E-state index contributed by atoms with van der Waals surface area (Å²) in [6.07, 6.45) is 1.67. The summed E-state index contributed by atoms with van der Waals surface area (Å²) in [4.78, 5) is 0. The van der Waals surface area contributed by atoms with Crippen molar-refractivity contribution in [3.05, 3.63) is 41.7 Å². The molecule has 0 saturated heterocycles. The standard InChI is InChI=1S/C10H11N3O2/c14-7-9-6-13(12-11-9)5-8-2-1-3-10(15)4-8/h1-4,6,14-15H,5,7H2. The van der Waals surface area contributed by atoms with Gasteiger partial charge in [0.1, 0.15) is 11.4 Å². The average molecular weight is 205 g/mol. The highest BCUT2D eigenvalue weighted by atomic mass is 16.3. The number of hydrogen-bond donors (Lipinski definition) is 2. The molecule has 78 valence electrons. The fraction of sp³-hybridized carbons (Fsp3) is 0.200. The predicted octanol–water partition coefficient (Wildman–Crippen LogP) is 0.524. The second kappa shape index (κ2) is 4.10. The van der Waals surface area contributed by atoms with Crippen LogP contribution in [0.3, 0.4) is 0 Å². The van der Waals surface area contributed by atoms with Gasteiger partial charge in [0.15, 0.2) is 0 Å². The van der Waals surface area contributed by atoms with Gasteiger partial charge in [-0.3, -0.25) is 0 Å². The molecular formula is C10H11N3O2. The highest BCUT2D eigenvalue weighted by Gasteiger charge is 2.00. The molecule has 0 aliphatic rings. The maximum Gasteiger partial charge on any atom is 0.115 e. The van der Waals surface area contributed by atoms with Crippen molar-refractivity contribution >= 4 is 0 Å². The minimum atomic E-state index is -0.111. The second-order valence-corrected chi connectivity index (χ2v) is 3.24. The third-order valence-corrected chi connectivity index (χ3v) is 2.00. The molecule has 0 fully saturated rings. The molecule has 0 spiro atoms. The summed E-state index contributed by atoms with van der Waals surface area (Å²) in [7, 11) is 0. The number of aliphatic hydroxyl groups excluding tert-OH is 1. The highest BCUT2D eigenvalue weighted by Crippen LogP contribution is 2.11. The average Bonchev–Trinajstić information content (AvgIpc) is 2.65. The number of phenolic OH excluding ortho intramolecular Hbond substituents is 1. The molecule has 2 aromatic rings. The van der Waals surface area contributed by atoms with Gasteiger partial charge in [-0.1, -0.05) is 17.3 Å². The van der Waals surface area contributed by atoms with Crippen LogP contribution >= 0.6 is 0 Å². The third kappa shape index (κ3) is 2.32. The van der Waals surface area contributed by atoms with E-state index in [0.717, 1.165) is 5.56 Å². The molecule has 0 amide bonds. The van der Waals surface area contributed by atoms with Crippen LogP contribution in [0.25, 0.3) is 0 Å². The predicted molar refractivity (Wildman–Crippen MR) is 53.2 cm³/mol. The molecule has 0 bridgehead atoms. The van der Waals surface area contributed by atoms with Gasteiger partial charge in [-0.2, -0.15) is 0 Å². The molecular weight excluding hydrogens is 194 g/mol. The molecule has 5 nitrogen and oxygen atoms in total. The third-order valence-electron chi connectivity index (χ3n) is 2.00. The van der Waals surface area contributed by atoms with E-state index in [1.807, 2.05) is 6.07 Å². The largest absolute Gasteiger partial charge is 0.508 e. The lowest BCUT2D eigenvalue weighted by Gasteiger charge is -2.00. The molecule has 2 rings (SSSR count). The zero-order valence-corrected chi connectivity index (χ0v) is 8.04. The van der Waals surface area contributed by atoms with Crippen LogP contribution in [0.5, 0.6) is 5.75 Å². The van der Waals surface area contributed by atoms with Gasteiger partial charge >= 0.3 is 0 Å². The molecule has 0 radical (unpaired) electrons. The Kier molecular flexibility index (Phi) is 2.64. The zero-order valence-electron chi connectivity index (χ0n) is 8.04. The molecule has 5 heteroatoms. The fourth-order valence-corrected chi connectivity index (χ4v) is 1.33. The van der Waals surface area contributed by atoms with Crippen LogP contribution in [0, 0.1) is 0 Å². The molecule has 0 atom stereocenters. The van der Waals surface area contributed by atoms with E-state index in [2.05, 4.69) is 10.3 Å². The number of phenols is 1. The first kappa shape index (κ1) is 9.67. The van der Waals surface area contributed by atoms with Gasteiger partial charge < -0.3 is 10.2 Å². The van der Waals surface area contributed by atoms with Crippen molar-refractivity contribution in [3.8, 4) is 5.75 Å². The normalized spacial score (nSPS) is 10.5. The lowest BCUT2D eigenvalue weighted by molar-refractivity contribution is 0.276. The summed E-state index contributed by atoms with van der Waals surface area (Å²) in [5.41, 5.74) is 1.47. The molecule has 1 heterocycles. The Hall–Kier alpha value is -1.88. The SMILES string of the molecule is OCc1cn(Cc2cccc(O)c2)nn1. The Morgan fingerprint density at radius 1 is 1.33 bits per heavy atom. The van der Waals surface area contributed by atoms with Crippen LogP contribution in [0.1, 0.15) is 11.3 Å². The Morgan fingerprint density at radius 2 is 2.20 bits per heavy atom. The Bertz CT molecular complexity index is 453. The van der Waals surface area contributed by atoms with Gasteiger partial charge in [0.05, 0.1) is 19.3 Å². The van der Waals surface area contributed by atoms with Crippen LogP contribution in [0.4, 0.5) is 0 Å². The van der Waals surface area contributed by atoms with E-state index in [1.54, 1.807) is 29.1 Å². The first-order valence-corrected chi connectivity index (χ1v) is 4.56. The van der Waals surface area contributed by atoms with Gasteiger partial charge in [0.2, 0.25) is 0 Å². The summed E-state index contributed by atoms with van der Waals surface area (Å²) in [5, 5.41) is 25.7. The maximum atomic E-state index is 9.26. The topological polar surface area (TPSA) is 71.2 Å². The molecule has 0 saturated carbocycles. The van der Waals surface area contributed by atoms with Crippen molar-refractivity contribution in [2.45, 2.75) is 13.2 Å². The molecule has 1 aromatic heterocycles. The number of nitrogens with zero attached hydrogens (tertiary/aromatic N) is 3. The van der Waals surface area contributed by atoms with Gasteiger partial charge in [-0.15, -0.1) is 5.10 Å². The van der Waals surface area contributed by atoms with Crippen LogP contribution in [0.2, 0.25) is 0 Å². The lowest BCUT2D eigenvalue weighted by atomic mass is 10.2. The van der Waals surface area contributed by atoms with Gasteiger partial charge in [-0.05, 0) is 17.7 Å². The first-order chi connectivity index (χ1) is 7.28. The number of aromatic hydroxyl groups is 1. The minimum Gasteiger partial charge on any atom is -0.508 e. The van der Waals surface area contributed by atoms with E-state index in [4.69, 9.17) is 5.11 Å². The first-order valence-electron chi connectivity index (χ1n) is 4.56. The summed E-state index contributed by atoms with van der Waals surface area (Å²) >= 11 is 0. The number of benzene rings is 1. The number of rotatable bonds is 3. The van der Waals surface area contributed by atoms with Crippen LogP contribution in [-0.4, -0.2) is 25.2 Å². The van der Waals surface area contributed by atoms with Crippen LogP contribution < -0.4 is 0 Å². The van der Waals surface area contributed by atoms with E-state index >= 15 is 0 Å². The van der Waals surface area contributed by atoms with E-state index in [1.165, 1.54) is 0 Å². The quantitative estimate of drug-likeness (QED) is 0.766. The van der Waals surface area contributed by atoms with Crippen molar-refractivity contribution in [3.63, 3.8) is 0 Å². The Balaban J connectivity index is 2.14. The number of hydrogen-bond acceptors (Lipinski definition) is 4. The van der Waals surface area contributed by atoms with Crippen molar-refractivity contribution < 1.29 is 10.2 Å². The van der Waals surface area contributed by atoms with Crippen molar-refractivity contribution in [1.29, 1.82) is 0 Å². The van der Waals surface area contributed by atoms with E-state index in [-0.39, 0.29) is 12.4 Å². The summed E-state index contributed by atoms with van der Waals surface area (Å²) < 4.78 is 1.61. The van der Waals surface area contributed by atoms with Crippen molar-refractivity contribution in [2.24, 2.45) is 0 Å². The Labute approximate surface area is 86.6 Å². The zero-order chi connectivity index (χ0) is 10.7. The van der Waals surface area contributed by atoms with Gasteiger partial charge in [-0.25, -0.2) is 4.68 Å². The van der Waals surface area contributed by atoms with Crippen LogP contribution in [-0.2, 0) is 13.2 Å². The summed E-state index contributed by atoms with van der Waals surface area (Å²) in [5.74, 6) is 0.231. The van der Waals surface area contributed by atoms with Crippen LogP contribution in [0.15, 0.2) is 30.5 Å².